The maximum Gasteiger partial charge on any atom is 0.325 e. The van der Waals surface area contributed by atoms with Crippen LogP contribution in [-0.2, 0) is 21.7 Å². The van der Waals surface area contributed by atoms with Gasteiger partial charge in [-0.3, -0.25) is 14.5 Å². The van der Waals surface area contributed by atoms with Crippen molar-refractivity contribution in [1.82, 2.24) is 15.1 Å². The lowest BCUT2D eigenvalue weighted by Gasteiger charge is -2.21. The summed E-state index contributed by atoms with van der Waals surface area (Å²) >= 11 is 1.38. The first-order chi connectivity index (χ1) is 11.4. The van der Waals surface area contributed by atoms with Crippen LogP contribution in [0.2, 0.25) is 0 Å². The molecule has 0 aromatic carbocycles. The maximum absolute atomic E-state index is 12.7. The van der Waals surface area contributed by atoms with E-state index in [1.807, 2.05) is 11.4 Å². The summed E-state index contributed by atoms with van der Waals surface area (Å²) in [6.45, 7) is 1.62. The largest absolute Gasteiger partial charge is 0.467 e. The van der Waals surface area contributed by atoms with Crippen LogP contribution >= 0.6 is 11.3 Å². The standard InChI is InChI=1S/C16H17N3O4S/c1-16(12-6-4-8-24-12)14(21)19(15(22)17-16)10-13(20)18(2)9-11-5-3-7-23-11/h3-8H,9-10H2,1-2H3,(H,17,22). The van der Waals surface area contributed by atoms with Gasteiger partial charge in [0.25, 0.3) is 5.91 Å². The summed E-state index contributed by atoms with van der Waals surface area (Å²) < 4.78 is 5.20. The van der Waals surface area contributed by atoms with Gasteiger partial charge in [-0.05, 0) is 30.5 Å². The number of amides is 4. The SMILES string of the molecule is CN(Cc1ccco1)C(=O)CN1C(=O)NC(C)(c2cccs2)C1=O. The summed E-state index contributed by atoms with van der Waals surface area (Å²) in [6, 6.07) is 6.53. The fourth-order valence-electron chi connectivity index (χ4n) is 2.55. The molecule has 2 aromatic heterocycles. The number of rotatable bonds is 5. The molecule has 1 unspecified atom stereocenters. The number of furan rings is 1. The second-order valence-corrected chi connectivity index (χ2v) is 6.70. The Morgan fingerprint density at radius 1 is 1.38 bits per heavy atom. The van der Waals surface area contributed by atoms with E-state index in [1.165, 1.54) is 22.5 Å². The van der Waals surface area contributed by atoms with Crippen molar-refractivity contribution in [2.45, 2.75) is 19.0 Å². The lowest BCUT2D eigenvalue weighted by molar-refractivity contribution is -0.138. The Kier molecular flexibility index (Phi) is 4.15. The number of thiophene rings is 1. The molecular formula is C16H17N3O4S. The molecule has 2 aromatic rings. The van der Waals surface area contributed by atoms with Crippen molar-refractivity contribution in [2.75, 3.05) is 13.6 Å². The van der Waals surface area contributed by atoms with Crippen molar-refractivity contribution in [3.05, 3.63) is 46.5 Å². The van der Waals surface area contributed by atoms with Crippen LogP contribution in [0, 0.1) is 0 Å². The smallest absolute Gasteiger partial charge is 0.325 e. The third kappa shape index (κ3) is 2.80. The third-order valence-electron chi connectivity index (χ3n) is 3.98. The molecule has 3 heterocycles. The predicted octanol–water partition coefficient (Wildman–Crippen LogP) is 1.77. The summed E-state index contributed by atoms with van der Waals surface area (Å²) in [6.07, 6.45) is 1.53. The Morgan fingerprint density at radius 3 is 2.79 bits per heavy atom. The summed E-state index contributed by atoms with van der Waals surface area (Å²) in [5, 5.41) is 4.52. The summed E-state index contributed by atoms with van der Waals surface area (Å²) in [7, 11) is 1.60. The van der Waals surface area contributed by atoms with E-state index in [2.05, 4.69) is 5.32 Å². The molecule has 1 N–H and O–H groups in total. The lowest BCUT2D eigenvalue weighted by atomic mass is 10.0. The van der Waals surface area contributed by atoms with Gasteiger partial charge in [0.05, 0.1) is 12.8 Å². The highest BCUT2D eigenvalue weighted by atomic mass is 32.1. The Bertz CT molecular complexity index is 756. The van der Waals surface area contributed by atoms with E-state index in [9.17, 15) is 14.4 Å². The van der Waals surface area contributed by atoms with E-state index in [-0.39, 0.29) is 19.0 Å². The van der Waals surface area contributed by atoms with Crippen LogP contribution in [0.5, 0.6) is 0 Å². The number of imide groups is 1. The molecule has 1 aliphatic rings. The average Bonchev–Trinajstić information content (AvgIpc) is 3.27. The van der Waals surface area contributed by atoms with Gasteiger partial charge in [-0.15, -0.1) is 11.3 Å². The molecule has 3 rings (SSSR count). The Morgan fingerprint density at radius 2 is 2.17 bits per heavy atom. The zero-order chi connectivity index (χ0) is 17.3. The molecular weight excluding hydrogens is 330 g/mol. The van der Waals surface area contributed by atoms with Gasteiger partial charge in [0.2, 0.25) is 5.91 Å². The van der Waals surface area contributed by atoms with Gasteiger partial charge in [-0.2, -0.15) is 0 Å². The topological polar surface area (TPSA) is 82.9 Å². The van der Waals surface area contributed by atoms with E-state index in [1.54, 1.807) is 32.2 Å². The lowest BCUT2D eigenvalue weighted by Crippen LogP contribution is -2.43. The van der Waals surface area contributed by atoms with Crippen LogP contribution in [-0.4, -0.2) is 41.2 Å². The molecule has 0 spiro atoms. The van der Waals surface area contributed by atoms with Crippen molar-refractivity contribution in [3.63, 3.8) is 0 Å². The molecule has 0 saturated carbocycles. The number of nitrogens with one attached hydrogen (secondary N) is 1. The first-order valence-electron chi connectivity index (χ1n) is 7.36. The minimum absolute atomic E-state index is 0.275. The number of likely N-dealkylation sites (N-methyl/N-ethyl adjacent to an activating group) is 1. The molecule has 8 heteroatoms. The van der Waals surface area contributed by atoms with Gasteiger partial charge in [-0.25, -0.2) is 4.79 Å². The van der Waals surface area contributed by atoms with Crippen molar-refractivity contribution < 1.29 is 18.8 Å². The second kappa shape index (κ2) is 6.12. The number of hydrogen-bond donors (Lipinski definition) is 1. The van der Waals surface area contributed by atoms with E-state index in [0.29, 0.717) is 5.76 Å². The highest BCUT2D eigenvalue weighted by Crippen LogP contribution is 2.31. The number of carbonyl (C=O) groups is 3. The normalized spacial score (nSPS) is 20.3. The molecule has 1 atom stereocenters. The van der Waals surface area contributed by atoms with Crippen LogP contribution in [0.4, 0.5) is 4.79 Å². The van der Waals surface area contributed by atoms with Gasteiger partial charge in [0, 0.05) is 11.9 Å². The number of hydrogen-bond acceptors (Lipinski definition) is 5. The average molecular weight is 347 g/mol. The molecule has 0 aliphatic carbocycles. The summed E-state index contributed by atoms with van der Waals surface area (Å²) in [5.41, 5.74) is -1.12. The van der Waals surface area contributed by atoms with Crippen molar-refractivity contribution in [1.29, 1.82) is 0 Å². The fraction of sp³-hybridized carbons (Fsp3) is 0.312. The van der Waals surface area contributed by atoms with Gasteiger partial charge < -0.3 is 14.6 Å². The molecule has 7 nitrogen and oxygen atoms in total. The molecule has 1 saturated heterocycles. The second-order valence-electron chi connectivity index (χ2n) is 5.75. The maximum atomic E-state index is 12.7. The molecule has 0 radical (unpaired) electrons. The fourth-order valence-corrected chi connectivity index (χ4v) is 3.39. The van der Waals surface area contributed by atoms with Gasteiger partial charge in [0.1, 0.15) is 12.3 Å². The molecule has 126 valence electrons. The molecule has 4 amide bonds. The first-order valence-corrected chi connectivity index (χ1v) is 8.24. The van der Waals surface area contributed by atoms with Crippen LogP contribution < -0.4 is 5.32 Å². The predicted molar refractivity (Wildman–Crippen MR) is 87.1 cm³/mol. The minimum Gasteiger partial charge on any atom is -0.467 e. The zero-order valence-electron chi connectivity index (χ0n) is 13.3. The van der Waals surface area contributed by atoms with Crippen LogP contribution in [0.25, 0.3) is 0 Å². The van der Waals surface area contributed by atoms with Crippen LogP contribution in [0.3, 0.4) is 0 Å². The van der Waals surface area contributed by atoms with Gasteiger partial charge in [-0.1, -0.05) is 6.07 Å². The van der Waals surface area contributed by atoms with E-state index >= 15 is 0 Å². The molecule has 1 aliphatic heterocycles. The van der Waals surface area contributed by atoms with E-state index in [4.69, 9.17) is 4.42 Å². The monoisotopic (exact) mass is 347 g/mol. The minimum atomic E-state index is -1.12. The summed E-state index contributed by atoms with van der Waals surface area (Å²) in [4.78, 5) is 40.3. The number of urea groups is 1. The first kappa shape index (κ1) is 16.3. The van der Waals surface area contributed by atoms with Crippen LogP contribution in [0.1, 0.15) is 17.6 Å². The van der Waals surface area contributed by atoms with E-state index < -0.39 is 17.5 Å². The molecule has 24 heavy (non-hydrogen) atoms. The molecule has 0 bridgehead atoms. The van der Waals surface area contributed by atoms with Crippen molar-refractivity contribution in [3.8, 4) is 0 Å². The van der Waals surface area contributed by atoms with Crippen LogP contribution in [0.15, 0.2) is 40.3 Å². The van der Waals surface area contributed by atoms with Gasteiger partial charge >= 0.3 is 6.03 Å². The number of carbonyl (C=O) groups excluding carboxylic acids is 3. The van der Waals surface area contributed by atoms with Crippen molar-refractivity contribution in [2.24, 2.45) is 0 Å². The highest BCUT2D eigenvalue weighted by Gasteiger charge is 2.50. The summed E-state index contributed by atoms with van der Waals surface area (Å²) in [5.74, 6) is -0.133. The quantitative estimate of drug-likeness (QED) is 0.836. The molecule has 1 fully saturated rings. The zero-order valence-corrected chi connectivity index (χ0v) is 14.1. The Labute approximate surface area is 142 Å². The van der Waals surface area contributed by atoms with Crippen molar-refractivity contribution >= 4 is 29.2 Å². The highest BCUT2D eigenvalue weighted by molar-refractivity contribution is 7.10. The Balaban J connectivity index is 1.70. The Hall–Kier alpha value is -2.61. The third-order valence-corrected chi connectivity index (χ3v) is 5.07. The number of nitrogens with zero attached hydrogens (tertiary/aromatic N) is 2. The van der Waals surface area contributed by atoms with E-state index in [0.717, 1.165) is 9.78 Å². The van der Waals surface area contributed by atoms with Gasteiger partial charge in [0.15, 0.2) is 5.54 Å².